The molecule has 102 valence electrons. The number of halogens is 1. The normalized spacial score (nSPS) is 10.6. The lowest BCUT2D eigenvalue weighted by Crippen LogP contribution is -2.12. The number of methoxy groups -OCH3 is 1. The Balaban J connectivity index is 1.92. The summed E-state index contributed by atoms with van der Waals surface area (Å²) < 4.78 is 33.4. The Morgan fingerprint density at radius 3 is 2.28 bits per heavy atom. The van der Waals surface area contributed by atoms with E-state index in [0.717, 1.165) is 0 Å². The van der Waals surface area contributed by atoms with Crippen molar-refractivity contribution in [2.24, 2.45) is 0 Å². The van der Waals surface area contributed by atoms with E-state index in [9.17, 15) is 4.39 Å². The van der Waals surface area contributed by atoms with E-state index in [4.69, 9.17) is 18.9 Å². The van der Waals surface area contributed by atoms with Crippen molar-refractivity contribution < 1.29 is 23.3 Å². The summed E-state index contributed by atoms with van der Waals surface area (Å²) in [6.45, 7) is 3.04. The third-order valence-electron chi connectivity index (χ3n) is 2.10. The van der Waals surface area contributed by atoms with Gasteiger partial charge in [-0.05, 0) is 12.1 Å². The highest BCUT2D eigenvalue weighted by Crippen LogP contribution is 2.11. The molecule has 0 spiro atoms. The molecule has 0 bridgehead atoms. The quantitative estimate of drug-likeness (QED) is 0.600. The summed E-state index contributed by atoms with van der Waals surface area (Å²) in [5.74, 6) is 0.204. The summed E-state index contributed by atoms with van der Waals surface area (Å²) in [5, 5.41) is 0. The molecule has 1 aromatic rings. The number of rotatable bonds is 10. The Morgan fingerprint density at radius 1 is 0.944 bits per heavy atom. The minimum Gasteiger partial charge on any atom is -0.491 e. The molecule has 0 amide bonds. The van der Waals surface area contributed by atoms with Crippen molar-refractivity contribution in [2.45, 2.75) is 0 Å². The standard InChI is InChI=1S/C13H19FO4/c1-15-5-6-16-7-8-17-9-10-18-13-4-2-3-12(14)11-13/h2-4,11H,5-10H2,1H3. The molecule has 0 aliphatic rings. The van der Waals surface area contributed by atoms with Crippen LogP contribution in [0.2, 0.25) is 0 Å². The van der Waals surface area contributed by atoms with E-state index < -0.39 is 0 Å². The van der Waals surface area contributed by atoms with Crippen molar-refractivity contribution in [3.8, 4) is 5.75 Å². The molecule has 0 saturated heterocycles. The molecule has 0 atom stereocenters. The van der Waals surface area contributed by atoms with Crippen molar-refractivity contribution in [3.05, 3.63) is 30.1 Å². The van der Waals surface area contributed by atoms with Crippen LogP contribution in [0, 0.1) is 5.82 Å². The minimum atomic E-state index is -0.306. The third kappa shape index (κ3) is 7.21. The van der Waals surface area contributed by atoms with Gasteiger partial charge in [-0.15, -0.1) is 0 Å². The molecular formula is C13H19FO4. The van der Waals surface area contributed by atoms with Gasteiger partial charge in [0, 0.05) is 13.2 Å². The average molecular weight is 258 g/mol. The van der Waals surface area contributed by atoms with Gasteiger partial charge in [0.25, 0.3) is 0 Å². The first-order chi connectivity index (χ1) is 8.83. The molecule has 0 aliphatic carbocycles. The van der Waals surface area contributed by atoms with Crippen molar-refractivity contribution in [3.63, 3.8) is 0 Å². The monoisotopic (exact) mass is 258 g/mol. The molecule has 0 fully saturated rings. The summed E-state index contributed by atoms with van der Waals surface area (Å²) in [6, 6.07) is 6.03. The maximum atomic E-state index is 12.8. The Kier molecular flexibility index (Phi) is 8.12. The van der Waals surface area contributed by atoms with Crippen molar-refractivity contribution in [1.29, 1.82) is 0 Å². The van der Waals surface area contributed by atoms with Crippen LogP contribution in [0.15, 0.2) is 24.3 Å². The van der Waals surface area contributed by atoms with Crippen molar-refractivity contribution in [2.75, 3.05) is 46.8 Å². The summed E-state index contributed by atoms with van der Waals surface area (Å²) >= 11 is 0. The Morgan fingerprint density at radius 2 is 1.61 bits per heavy atom. The van der Waals surface area contributed by atoms with Crippen molar-refractivity contribution in [1.82, 2.24) is 0 Å². The molecule has 18 heavy (non-hydrogen) atoms. The Hall–Kier alpha value is -1.17. The first-order valence-corrected chi connectivity index (χ1v) is 5.85. The van der Waals surface area contributed by atoms with Gasteiger partial charge in [-0.25, -0.2) is 4.39 Å². The minimum absolute atomic E-state index is 0.306. The SMILES string of the molecule is COCCOCCOCCOc1cccc(F)c1. The summed E-state index contributed by atoms with van der Waals surface area (Å²) in [7, 11) is 1.63. The number of hydrogen-bond acceptors (Lipinski definition) is 4. The van der Waals surface area contributed by atoms with Gasteiger partial charge in [-0.3, -0.25) is 0 Å². The first kappa shape index (κ1) is 14.9. The highest BCUT2D eigenvalue weighted by molar-refractivity contribution is 5.22. The third-order valence-corrected chi connectivity index (χ3v) is 2.10. The van der Waals surface area contributed by atoms with Gasteiger partial charge in [-0.1, -0.05) is 6.07 Å². The zero-order valence-electron chi connectivity index (χ0n) is 10.6. The van der Waals surface area contributed by atoms with E-state index >= 15 is 0 Å². The second-order valence-electron chi connectivity index (χ2n) is 3.52. The molecule has 0 unspecified atom stereocenters. The highest BCUT2D eigenvalue weighted by Gasteiger charge is 1.96. The highest BCUT2D eigenvalue weighted by atomic mass is 19.1. The summed E-state index contributed by atoms with van der Waals surface area (Å²) in [6.07, 6.45) is 0. The molecule has 5 heteroatoms. The van der Waals surface area contributed by atoms with Gasteiger partial charge >= 0.3 is 0 Å². The van der Waals surface area contributed by atoms with Gasteiger partial charge in [0.2, 0.25) is 0 Å². The van der Waals surface area contributed by atoms with Crippen LogP contribution in [0.5, 0.6) is 5.75 Å². The van der Waals surface area contributed by atoms with E-state index in [0.29, 0.717) is 45.4 Å². The van der Waals surface area contributed by atoms with Crippen molar-refractivity contribution >= 4 is 0 Å². The van der Waals surface area contributed by atoms with Crippen LogP contribution in [-0.4, -0.2) is 46.8 Å². The van der Waals surface area contributed by atoms with Crippen LogP contribution in [0.4, 0.5) is 4.39 Å². The fourth-order valence-corrected chi connectivity index (χ4v) is 1.24. The van der Waals surface area contributed by atoms with Gasteiger partial charge in [-0.2, -0.15) is 0 Å². The van der Waals surface area contributed by atoms with Gasteiger partial charge in [0.15, 0.2) is 0 Å². The maximum Gasteiger partial charge on any atom is 0.126 e. The van der Waals surface area contributed by atoms with E-state index in [1.807, 2.05) is 0 Å². The predicted octanol–water partition coefficient (Wildman–Crippen LogP) is 1.88. The van der Waals surface area contributed by atoms with Crippen LogP contribution in [0.1, 0.15) is 0 Å². The van der Waals surface area contributed by atoms with Crippen LogP contribution < -0.4 is 4.74 Å². The maximum absolute atomic E-state index is 12.8. The Labute approximate surface area is 107 Å². The molecule has 0 aromatic heterocycles. The number of benzene rings is 1. The fraction of sp³-hybridized carbons (Fsp3) is 0.538. The van der Waals surface area contributed by atoms with Gasteiger partial charge in [0.05, 0.1) is 33.0 Å². The molecular weight excluding hydrogens is 239 g/mol. The molecule has 0 heterocycles. The zero-order chi connectivity index (χ0) is 13.1. The van der Waals surface area contributed by atoms with Crippen LogP contribution in [0.25, 0.3) is 0 Å². The fourth-order valence-electron chi connectivity index (χ4n) is 1.24. The molecule has 1 rings (SSSR count). The topological polar surface area (TPSA) is 36.9 Å². The molecule has 4 nitrogen and oxygen atoms in total. The molecule has 0 radical (unpaired) electrons. The smallest absolute Gasteiger partial charge is 0.126 e. The van der Waals surface area contributed by atoms with Crippen LogP contribution >= 0.6 is 0 Å². The van der Waals surface area contributed by atoms with Gasteiger partial charge < -0.3 is 18.9 Å². The molecule has 0 aliphatic heterocycles. The zero-order valence-corrected chi connectivity index (χ0v) is 10.6. The second-order valence-corrected chi connectivity index (χ2v) is 3.52. The molecule has 1 aromatic carbocycles. The largest absolute Gasteiger partial charge is 0.491 e. The first-order valence-electron chi connectivity index (χ1n) is 5.85. The van der Waals surface area contributed by atoms with E-state index in [1.54, 1.807) is 19.2 Å². The summed E-state index contributed by atoms with van der Waals surface area (Å²) in [5.41, 5.74) is 0. The lowest BCUT2D eigenvalue weighted by molar-refractivity contribution is 0.0179. The number of hydrogen-bond donors (Lipinski definition) is 0. The molecule has 0 N–H and O–H groups in total. The van der Waals surface area contributed by atoms with Crippen LogP contribution in [0.3, 0.4) is 0 Å². The molecule has 0 saturated carbocycles. The van der Waals surface area contributed by atoms with E-state index in [1.165, 1.54) is 12.1 Å². The van der Waals surface area contributed by atoms with E-state index in [2.05, 4.69) is 0 Å². The lowest BCUT2D eigenvalue weighted by Gasteiger charge is -2.07. The summed E-state index contributed by atoms with van der Waals surface area (Å²) in [4.78, 5) is 0. The average Bonchev–Trinajstić information content (AvgIpc) is 2.37. The lowest BCUT2D eigenvalue weighted by atomic mass is 10.3. The van der Waals surface area contributed by atoms with E-state index in [-0.39, 0.29) is 5.82 Å². The Bertz CT molecular complexity index is 320. The van der Waals surface area contributed by atoms with Gasteiger partial charge in [0.1, 0.15) is 18.2 Å². The van der Waals surface area contributed by atoms with Crippen LogP contribution in [-0.2, 0) is 14.2 Å². The number of ether oxygens (including phenoxy) is 4. The second kappa shape index (κ2) is 9.82. The predicted molar refractivity (Wildman–Crippen MR) is 65.4 cm³/mol.